The zero-order valence-corrected chi connectivity index (χ0v) is 12.9. The van der Waals surface area contributed by atoms with E-state index >= 15 is 0 Å². The lowest BCUT2D eigenvalue weighted by Gasteiger charge is -2.28. The lowest BCUT2D eigenvalue weighted by Crippen LogP contribution is -2.51. The molecular weight excluding hydrogens is 272 g/mol. The maximum absolute atomic E-state index is 11.5. The summed E-state index contributed by atoms with van der Waals surface area (Å²) in [6.45, 7) is 6.65. The maximum Gasteiger partial charge on any atom is 0.315 e. The van der Waals surface area contributed by atoms with E-state index < -0.39 is 6.10 Å². The molecule has 2 heterocycles. The molecule has 7 heteroatoms. The van der Waals surface area contributed by atoms with Crippen LogP contribution in [0.3, 0.4) is 0 Å². The van der Waals surface area contributed by atoms with E-state index in [1.165, 1.54) is 0 Å². The van der Waals surface area contributed by atoms with E-state index in [9.17, 15) is 9.90 Å². The number of amides is 2. The monoisotopic (exact) mass is 300 g/mol. The Kier molecular flexibility index (Phi) is 6.22. The van der Waals surface area contributed by atoms with Crippen LogP contribution in [0.15, 0.2) is 0 Å². The summed E-state index contributed by atoms with van der Waals surface area (Å²) in [4.78, 5) is 11.5. The van der Waals surface area contributed by atoms with Crippen LogP contribution in [0.25, 0.3) is 0 Å². The highest BCUT2D eigenvalue weighted by molar-refractivity contribution is 5.74. The van der Waals surface area contributed by atoms with Gasteiger partial charge in [-0.1, -0.05) is 0 Å². The van der Waals surface area contributed by atoms with Crippen molar-refractivity contribution in [1.29, 1.82) is 0 Å². The van der Waals surface area contributed by atoms with Crippen molar-refractivity contribution in [3.63, 3.8) is 0 Å². The molecule has 2 saturated heterocycles. The average molecular weight is 300 g/mol. The number of rotatable bonds is 5. The second-order valence-corrected chi connectivity index (χ2v) is 6.17. The highest BCUT2D eigenvalue weighted by atomic mass is 16.5. The molecular formula is C14H28N4O3. The van der Waals surface area contributed by atoms with E-state index in [0.717, 1.165) is 25.9 Å². The first-order valence-corrected chi connectivity index (χ1v) is 7.87. The zero-order chi connectivity index (χ0) is 15.2. The lowest BCUT2D eigenvalue weighted by atomic mass is 10.0. The van der Waals surface area contributed by atoms with E-state index in [1.54, 1.807) is 0 Å². The Bertz CT molecular complexity index is 334. The Balaban J connectivity index is 1.70. The van der Waals surface area contributed by atoms with Crippen molar-refractivity contribution in [2.24, 2.45) is 0 Å². The number of aliphatic hydroxyl groups excluding tert-OH is 1. The molecule has 0 aromatic rings. The van der Waals surface area contributed by atoms with Crippen LogP contribution in [0.5, 0.6) is 0 Å². The molecule has 2 rings (SSSR count). The van der Waals surface area contributed by atoms with Gasteiger partial charge in [0.25, 0.3) is 0 Å². The summed E-state index contributed by atoms with van der Waals surface area (Å²) in [5.74, 6) is 0. The van der Waals surface area contributed by atoms with Crippen molar-refractivity contribution in [2.75, 3.05) is 26.2 Å². The van der Waals surface area contributed by atoms with Gasteiger partial charge in [-0.2, -0.15) is 0 Å². The van der Waals surface area contributed by atoms with Gasteiger partial charge in [0.15, 0.2) is 0 Å². The van der Waals surface area contributed by atoms with Crippen molar-refractivity contribution >= 4 is 6.03 Å². The van der Waals surface area contributed by atoms with Gasteiger partial charge >= 0.3 is 6.03 Å². The normalized spacial score (nSPS) is 30.6. The highest BCUT2D eigenvalue weighted by Gasteiger charge is 2.37. The first-order chi connectivity index (χ1) is 10.1. The van der Waals surface area contributed by atoms with Crippen molar-refractivity contribution in [2.45, 2.75) is 57.0 Å². The number of carbonyl (C=O) groups excluding carboxylic acids is 1. The minimum atomic E-state index is -0.584. The van der Waals surface area contributed by atoms with Gasteiger partial charge in [0.1, 0.15) is 6.10 Å². The van der Waals surface area contributed by atoms with Gasteiger partial charge in [0.05, 0.1) is 18.8 Å². The van der Waals surface area contributed by atoms with E-state index in [-0.39, 0.29) is 24.2 Å². The maximum atomic E-state index is 11.5. The minimum Gasteiger partial charge on any atom is -0.389 e. The molecule has 0 unspecified atom stereocenters. The Labute approximate surface area is 126 Å². The largest absolute Gasteiger partial charge is 0.389 e. The van der Waals surface area contributed by atoms with Gasteiger partial charge in [-0.15, -0.1) is 0 Å². The molecule has 21 heavy (non-hydrogen) atoms. The predicted octanol–water partition coefficient (Wildman–Crippen LogP) is -0.836. The third-order valence-electron chi connectivity index (χ3n) is 3.96. The second kappa shape index (κ2) is 7.93. The molecule has 0 aromatic carbocycles. The number of hydrogen-bond acceptors (Lipinski definition) is 5. The number of urea groups is 1. The lowest BCUT2D eigenvalue weighted by molar-refractivity contribution is 0.0420. The van der Waals surface area contributed by atoms with E-state index in [1.807, 2.05) is 13.8 Å². The first kappa shape index (κ1) is 16.5. The van der Waals surface area contributed by atoms with Gasteiger partial charge in [0, 0.05) is 18.6 Å². The summed E-state index contributed by atoms with van der Waals surface area (Å²) in [6, 6.07) is 0.253. The number of hydrogen-bond donors (Lipinski definition) is 5. The highest BCUT2D eigenvalue weighted by Crippen LogP contribution is 2.16. The van der Waals surface area contributed by atoms with Crippen LogP contribution >= 0.6 is 0 Å². The van der Waals surface area contributed by atoms with Crippen LogP contribution in [0.1, 0.15) is 26.7 Å². The molecule has 0 bridgehead atoms. The SMILES string of the molecule is CC(C)NC(=O)NC[C@H]1OC[C@@H](NC2CCNCC2)[C@@H]1O. The van der Waals surface area contributed by atoms with Crippen molar-refractivity contribution in [1.82, 2.24) is 21.3 Å². The summed E-state index contributed by atoms with van der Waals surface area (Å²) in [5.41, 5.74) is 0. The van der Waals surface area contributed by atoms with Crippen LogP contribution in [-0.4, -0.2) is 67.7 Å². The molecule has 7 nitrogen and oxygen atoms in total. The van der Waals surface area contributed by atoms with Crippen molar-refractivity contribution in [3.05, 3.63) is 0 Å². The number of ether oxygens (including phenoxy) is 1. The minimum absolute atomic E-state index is 0.0481. The fourth-order valence-electron chi connectivity index (χ4n) is 2.81. The standard InChI is InChI=1S/C14H28N4O3/c1-9(2)17-14(20)16-7-12-13(19)11(8-21-12)18-10-3-5-15-6-4-10/h9-13,15,18-19H,3-8H2,1-2H3,(H2,16,17,20)/t11-,12-,13+/m1/s1. The molecule has 5 N–H and O–H groups in total. The van der Waals surface area contributed by atoms with Crippen LogP contribution < -0.4 is 21.3 Å². The van der Waals surface area contributed by atoms with Crippen LogP contribution in [0.2, 0.25) is 0 Å². The van der Waals surface area contributed by atoms with Gasteiger partial charge in [-0.3, -0.25) is 0 Å². The fraction of sp³-hybridized carbons (Fsp3) is 0.929. The second-order valence-electron chi connectivity index (χ2n) is 6.17. The third kappa shape index (κ3) is 5.10. The predicted molar refractivity (Wildman–Crippen MR) is 80.2 cm³/mol. The molecule has 0 spiro atoms. The van der Waals surface area contributed by atoms with Gasteiger partial charge in [0.2, 0.25) is 0 Å². The van der Waals surface area contributed by atoms with E-state index in [0.29, 0.717) is 19.2 Å². The van der Waals surface area contributed by atoms with Gasteiger partial charge < -0.3 is 31.1 Å². The van der Waals surface area contributed by atoms with E-state index in [4.69, 9.17) is 4.74 Å². The molecule has 2 amide bonds. The molecule has 2 fully saturated rings. The fourth-order valence-corrected chi connectivity index (χ4v) is 2.81. The molecule has 0 aliphatic carbocycles. The Morgan fingerprint density at radius 2 is 2.10 bits per heavy atom. The number of aliphatic hydroxyl groups is 1. The Morgan fingerprint density at radius 3 is 2.76 bits per heavy atom. The molecule has 122 valence electrons. The Morgan fingerprint density at radius 1 is 1.38 bits per heavy atom. The van der Waals surface area contributed by atoms with Gasteiger partial charge in [-0.25, -0.2) is 4.79 Å². The quantitative estimate of drug-likeness (QED) is 0.457. The number of carbonyl (C=O) groups is 1. The first-order valence-electron chi connectivity index (χ1n) is 7.87. The summed E-state index contributed by atoms with van der Waals surface area (Å²) < 4.78 is 5.60. The molecule has 2 aliphatic rings. The zero-order valence-electron chi connectivity index (χ0n) is 12.9. The molecule has 0 aromatic heterocycles. The molecule has 0 saturated carbocycles. The number of piperidine rings is 1. The van der Waals surface area contributed by atoms with Gasteiger partial charge in [-0.05, 0) is 39.8 Å². The summed E-state index contributed by atoms with van der Waals surface area (Å²) in [7, 11) is 0. The van der Waals surface area contributed by atoms with Crippen LogP contribution in [0, 0.1) is 0 Å². The average Bonchev–Trinajstić information content (AvgIpc) is 2.78. The van der Waals surface area contributed by atoms with Crippen LogP contribution in [0.4, 0.5) is 4.79 Å². The van der Waals surface area contributed by atoms with Crippen molar-refractivity contribution in [3.8, 4) is 0 Å². The summed E-state index contributed by atoms with van der Waals surface area (Å²) in [5, 5.41) is 22.6. The summed E-state index contributed by atoms with van der Waals surface area (Å²) >= 11 is 0. The summed E-state index contributed by atoms with van der Waals surface area (Å²) in [6.07, 6.45) is 1.22. The molecule has 0 radical (unpaired) electrons. The topological polar surface area (TPSA) is 94.7 Å². The van der Waals surface area contributed by atoms with Crippen molar-refractivity contribution < 1.29 is 14.6 Å². The Hall–Kier alpha value is -0.890. The van der Waals surface area contributed by atoms with Crippen LogP contribution in [-0.2, 0) is 4.74 Å². The molecule has 3 atom stereocenters. The smallest absolute Gasteiger partial charge is 0.315 e. The number of nitrogens with one attached hydrogen (secondary N) is 4. The van der Waals surface area contributed by atoms with E-state index in [2.05, 4.69) is 21.3 Å². The molecule has 2 aliphatic heterocycles. The third-order valence-corrected chi connectivity index (χ3v) is 3.96.